The minimum atomic E-state index is 0.742. The first-order chi connectivity index (χ1) is 7.29. The first kappa shape index (κ1) is 10.4. The Hall–Kier alpha value is -1.13. The van der Waals surface area contributed by atoms with Crippen molar-refractivity contribution in [2.24, 2.45) is 0 Å². The van der Waals surface area contributed by atoms with Gasteiger partial charge in [0.15, 0.2) is 0 Å². The maximum atomic E-state index is 5.71. The lowest BCUT2D eigenvalue weighted by Crippen LogP contribution is -1.96. The number of nitrogens with two attached hydrogens (primary N) is 1. The predicted octanol–water partition coefficient (Wildman–Crippen LogP) is 2.46. The Morgan fingerprint density at radius 1 is 1.47 bits per heavy atom. The minimum absolute atomic E-state index is 0.742. The molecule has 0 atom stereocenters. The summed E-state index contributed by atoms with van der Waals surface area (Å²) in [6.07, 6.45) is 0.882. The average Bonchev–Trinajstić information content (AvgIpc) is 2.60. The van der Waals surface area contributed by atoms with Crippen LogP contribution in [0.25, 0.3) is 10.2 Å². The van der Waals surface area contributed by atoms with E-state index < -0.39 is 0 Å². The van der Waals surface area contributed by atoms with Gasteiger partial charge in [0.1, 0.15) is 0 Å². The Kier molecular flexibility index (Phi) is 3.18. The number of anilines is 1. The number of hydrogen-bond acceptors (Lipinski definition) is 4. The number of hydrogen-bond donors (Lipinski definition) is 1. The molecule has 0 amide bonds. The fourth-order valence-electron chi connectivity index (χ4n) is 1.40. The fourth-order valence-corrected chi connectivity index (χ4v) is 2.40. The Morgan fingerprint density at radius 2 is 2.33 bits per heavy atom. The van der Waals surface area contributed by atoms with E-state index in [-0.39, 0.29) is 0 Å². The van der Waals surface area contributed by atoms with Crippen molar-refractivity contribution in [3.05, 3.63) is 23.2 Å². The largest absolute Gasteiger partial charge is 0.399 e. The highest BCUT2D eigenvalue weighted by molar-refractivity contribution is 7.18. The van der Waals surface area contributed by atoms with E-state index in [1.807, 2.05) is 25.1 Å². The molecule has 0 aliphatic rings. The average molecular weight is 222 g/mol. The molecule has 1 aromatic heterocycles. The van der Waals surface area contributed by atoms with E-state index in [9.17, 15) is 0 Å². The van der Waals surface area contributed by atoms with Gasteiger partial charge in [0.05, 0.1) is 21.8 Å². The summed E-state index contributed by atoms with van der Waals surface area (Å²) in [6, 6.07) is 5.82. The van der Waals surface area contributed by atoms with Gasteiger partial charge in [-0.1, -0.05) is 0 Å². The van der Waals surface area contributed by atoms with Gasteiger partial charge >= 0.3 is 0 Å². The molecule has 2 N–H and O–H groups in total. The molecule has 1 aromatic carbocycles. The molecule has 0 aliphatic heterocycles. The molecule has 0 fully saturated rings. The van der Waals surface area contributed by atoms with Crippen LogP contribution in [-0.2, 0) is 11.2 Å². The molecule has 1 heterocycles. The van der Waals surface area contributed by atoms with Crippen LogP contribution in [0, 0.1) is 0 Å². The lowest BCUT2D eigenvalue weighted by Gasteiger charge is -1.95. The van der Waals surface area contributed by atoms with Gasteiger partial charge in [-0.3, -0.25) is 0 Å². The van der Waals surface area contributed by atoms with Crippen LogP contribution in [0.3, 0.4) is 0 Å². The fraction of sp³-hybridized carbons (Fsp3) is 0.364. The number of rotatable bonds is 4. The van der Waals surface area contributed by atoms with Crippen molar-refractivity contribution < 1.29 is 4.74 Å². The quantitative estimate of drug-likeness (QED) is 0.638. The summed E-state index contributed by atoms with van der Waals surface area (Å²) in [5.74, 6) is 0. The Bertz CT molecular complexity index is 453. The SMILES string of the molecule is CCOCCc1nc2ccc(N)cc2s1. The van der Waals surface area contributed by atoms with Crippen molar-refractivity contribution >= 4 is 27.2 Å². The topological polar surface area (TPSA) is 48.1 Å². The molecule has 0 bridgehead atoms. The molecule has 2 rings (SSSR count). The third-order valence-corrected chi connectivity index (χ3v) is 3.20. The van der Waals surface area contributed by atoms with E-state index in [0.29, 0.717) is 0 Å². The second-order valence-electron chi connectivity index (χ2n) is 3.28. The zero-order valence-electron chi connectivity index (χ0n) is 8.69. The molecule has 0 saturated heterocycles. The number of nitrogens with zero attached hydrogens (tertiary/aromatic N) is 1. The van der Waals surface area contributed by atoms with E-state index in [1.165, 1.54) is 0 Å². The van der Waals surface area contributed by atoms with E-state index in [2.05, 4.69) is 4.98 Å². The number of thiazole rings is 1. The highest BCUT2D eigenvalue weighted by atomic mass is 32.1. The molecule has 0 radical (unpaired) electrons. The van der Waals surface area contributed by atoms with Crippen molar-refractivity contribution in [2.75, 3.05) is 18.9 Å². The highest BCUT2D eigenvalue weighted by Gasteiger charge is 2.03. The van der Waals surface area contributed by atoms with Gasteiger partial charge in [-0.05, 0) is 25.1 Å². The molecule has 0 saturated carbocycles. The van der Waals surface area contributed by atoms with Crippen LogP contribution in [-0.4, -0.2) is 18.2 Å². The molecule has 80 valence electrons. The number of aromatic nitrogens is 1. The lowest BCUT2D eigenvalue weighted by molar-refractivity contribution is 0.151. The Labute approximate surface area is 92.9 Å². The molecule has 0 spiro atoms. The van der Waals surface area contributed by atoms with Crippen LogP contribution in [0.4, 0.5) is 5.69 Å². The zero-order chi connectivity index (χ0) is 10.7. The first-order valence-corrected chi connectivity index (χ1v) is 5.84. The van der Waals surface area contributed by atoms with Crippen molar-refractivity contribution in [2.45, 2.75) is 13.3 Å². The number of ether oxygens (including phenoxy) is 1. The van der Waals surface area contributed by atoms with Crippen LogP contribution in [0.1, 0.15) is 11.9 Å². The van der Waals surface area contributed by atoms with Gasteiger partial charge in [0, 0.05) is 18.7 Å². The molecule has 3 nitrogen and oxygen atoms in total. The van der Waals surface area contributed by atoms with Gasteiger partial charge in [-0.2, -0.15) is 0 Å². The van der Waals surface area contributed by atoms with Gasteiger partial charge < -0.3 is 10.5 Å². The smallest absolute Gasteiger partial charge is 0.0961 e. The van der Waals surface area contributed by atoms with E-state index >= 15 is 0 Å². The zero-order valence-corrected chi connectivity index (χ0v) is 9.51. The minimum Gasteiger partial charge on any atom is -0.399 e. The molecule has 15 heavy (non-hydrogen) atoms. The summed E-state index contributed by atoms with van der Waals surface area (Å²) in [7, 11) is 0. The van der Waals surface area contributed by atoms with Gasteiger partial charge in [-0.25, -0.2) is 4.98 Å². The summed E-state index contributed by atoms with van der Waals surface area (Å²) in [5.41, 5.74) is 7.53. The maximum absolute atomic E-state index is 5.71. The van der Waals surface area contributed by atoms with E-state index in [1.54, 1.807) is 11.3 Å². The molecule has 4 heteroatoms. The van der Waals surface area contributed by atoms with Gasteiger partial charge in [-0.15, -0.1) is 11.3 Å². The summed E-state index contributed by atoms with van der Waals surface area (Å²) in [5, 5.41) is 1.11. The van der Waals surface area contributed by atoms with Crippen LogP contribution in [0.5, 0.6) is 0 Å². The van der Waals surface area contributed by atoms with Crippen LogP contribution < -0.4 is 5.73 Å². The second kappa shape index (κ2) is 4.59. The van der Waals surface area contributed by atoms with Gasteiger partial charge in [0.25, 0.3) is 0 Å². The lowest BCUT2D eigenvalue weighted by atomic mass is 10.3. The Morgan fingerprint density at radius 3 is 3.13 bits per heavy atom. The van der Waals surface area contributed by atoms with Crippen molar-refractivity contribution in [1.29, 1.82) is 0 Å². The third kappa shape index (κ3) is 2.46. The standard InChI is InChI=1S/C11H14N2OS/c1-2-14-6-5-11-13-9-4-3-8(12)7-10(9)15-11/h3-4,7H,2,5-6,12H2,1H3. The number of nitrogen functional groups attached to an aromatic ring is 1. The molecular formula is C11H14N2OS. The maximum Gasteiger partial charge on any atom is 0.0961 e. The molecule has 0 unspecified atom stereocenters. The van der Waals surface area contributed by atoms with Crippen LogP contribution in [0.15, 0.2) is 18.2 Å². The van der Waals surface area contributed by atoms with Crippen LogP contribution in [0.2, 0.25) is 0 Å². The summed E-state index contributed by atoms with van der Waals surface area (Å²) >= 11 is 1.69. The predicted molar refractivity (Wildman–Crippen MR) is 64.2 cm³/mol. The summed E-state index contributed by atoms with van der Waals surface area (Å²) in [4.78, 5) is 4.51. The number of fused-ring (bicyclic) bond motifs is 1. The van der Waals surface area contributed by atoms with Crippen molar-refractivity contribution in [3.63, 3.8) is 0 Å². The number of benzene rings is 1. The Balaban J connectivity index is 2.16. The van der Waals surface area contributed by atoms with Crippen molar-refractivity contribution in [3.8, 4) is 0 Å². The second-order valence-corrected chi connectivity index (χ2v) is 4.40. The summed E-state index contributed by atoms with van der Waals surface area (Å²) < 4.78 is 6.45. The first-order valence-electron chi connectivity index (χ1n) is 5.02. The molecular weight excluding hydrogens is 208 g/mol. The normalized spacial score (nSPS) is 11.0. The van der Waals surface area contributed by atoms with E-state index in [4.69, 9.17) is 10.5 Å². The van der Waals surface area contributed by atoms with Gasteiger partial charge in [0.2, 0.25) is 0 Å². The van der Waals surface area contributed by atoms with Crippen LogP contribution >= 0.6 is 11.3 Å². The van der Waals surface area contributed by atoms with E-state index in [0.717, 1.165) is 40.5 Å². The summed E-state index contributed by atoms with van der Waals surface area (Å²) in [6.45, 7) is 3.50. The van der Waals surface area contributed by atoms with Crippen molar-refractivity contribution in [1.82, 2.24) is 4.98 Å². The molecule has 2 aromatic rings. The third-order valence-electron chi connectivity index (χ3n) is 2.12. The molecule has 0 aliphatic carbocycles. The highest BCUT2D eigenvalue weighted by Crippen LogP contribution is 2.24. The monoisotopic (exact) mass is 222 g/mol.